The quantitative estimate of drug-likeness (QED) is 0.391. The SMILES string of the molecule is C[C@H](Oc1ccc(F)cc1-c1ccc(S(=O)(=O)c2ccccc2)cc1Cl)C(=O)OC(C)(C)C. The molecule has 1 atom stereocenters. The van der Waals surface area contributed by atoms with Crippen molar-refractivity contribution in [1.82, 2.24) is 0 Å². The summed E-state index contributed by atoms with van der Waals surface area (Å²) in [5.41, 5.74) is -0.0578. The van der Waals surface area contributed by atoms with E-state index in [-0.39, 0.29) is 26.1 Å². The summed E-state index contributed by atoms with van der Waals surface area (Å²) < 4.78 is 51.0. The van der Waals surface area contributed by atoms with Crippen LogP contribution in [-0.4, -0.2) is 26.1 Å². The van der Waals surface area contributed by atoms with Crippen LogP contribution in [-0.2, 0) is 19.4 Å². The van der Waals surface area contributed by atoms with E-state index in [0.717, 1.165) is 0 Å². The summed E-state index contributed by atoms with van der Waals surface area (Å²) in [5, 5.41) is 0.0902. The van der Waals surface area contributed by atoms with Gasteiger partial charge in [0.05, 0.1) is 9.79 Å². The largest absolute Gasteiger partial charge is 0.478 e. The van der Waals surface area contributed by atoms with Crippen molar-refractivity contribution in [1.29, 1.82) is 0 Å². The van der Waals surface area contributed by atoms with Crippen LogP contribution >= 0.6 is 11.6 Å². The predicted octanol–water partition coefficient (Wildman–Crippen LogP) is 6.09. The van der Waals surface area contributed by atoms with Crippen molar-refractivity contribution < 1.29 is 27.1 Å². The van der Waals surface area contributed by atoms with Gasteiger partial charge in [0.15, 0.2) is 6.10 Å². The Balaban J connectivity index is 1.97. The zero-order valence-electron chi connectivity index (χ0n) is 18.6. The summed E-state index contributed by atoms with van der Waals surface area (Å²) in [6, 6.07) is 16.0. The molecule has 0 aliphatic heterocycles. The molecule has 5 nitrogen and oxygen atoms in total. The summed E-state index contributed by atoms with van der Waals surface area (Å²) in [7, 11) is -3.78. The first-order chi connectivity index (χ1) is 15.4. The van der Waals surface area contributed by atoms with Gasteiger partial charge in [-0.3, -0.25) is 0 Å². The highest BCUT2D eigenvalue weighted by Gasteiger charge is 2.25. The minimum absolute atomic E-state index is 0.00319. The van der Waals surface area contributed by atoms with Gasteiger partial charge in [-0.15, -0.1) is 0 Å². The Morgan fingerprint density at radius 1 is 0.939 bits per heavy atom. The van der Waals surface area contributed by atoms with Crippen molar-refractivity contribution in [3.63, 3.8) is 0 Å². The molecular formula is C25H24ClFO5S. The Morgan fingerprint density at radius 2 is 1.61 bits per heavy atom. The second-order valence-electron chi connectivity index (χ2n) is 8.39. The van der Waals surface area contributed by atoms with Crippen LogP contribution in [0.25, 0.3) is 11.1 Å². The highest BCUT2D eigenvalue weighted by Crippen LogP contribution is 2.38. The van der Waals surface area contributed by atoms with Crippen molar-refractivity contribution in [3.05, 3.63) is 77.6 Å². The molecular weight excluding hydrogens is 467 g/mol. The lowest BCUT2D eigenvalue weighted by Gasteiger charge is -2.23. The second kappa shape index (κ2) is 9.53. The fourth-order valence-corrected chi connectivity index (χ4v) is 4.71. The number of carbonyl (C=O) groups is 1. The van der Waals surface area contributed by atoms with Gasteiger partial charge >= 0.3 is 5.97 Å². The number of ether oxygens (including phenoxy) is 2. The van der Waals surface area contributed by atoms with Crippen molar-refractivity contribution in [2.24, 2.45) is 0 Å². The smallest absolute Gasteiger partial charge is 0.347 e. The fourth-order valence-electron chi connectivity index (χ4n) is 3.06. The molecule has 33 heavy (non-hydrogen) atoms. The zero-order valence-corrected chi connectivity index (χ0v) is 20.2. The summed E-state index contributed by atoms with van der Waals surface area (Å²) in [6.45, 7) is 6.75. The number of rotatable bonds is 6. The molecule has 0 aliphatic carbocycles. The van der Waals surface area contributed by atoms with Crippen molar-refractivity contribution in [2.75, 3.05) is 0 Å². The van der Waals surface area contributed by atoms with E-state index in [2.05, 4.69) is 0 Å². The highest BCUT2D eigenvalue weighted by atomic mass is 35.5. The molecule has 3 aromatic carbocycles. The van der Waals surface area contributed by atoms with Crippen LogP contribution in [0.5, 0.6) is 5.75 Å². The molecule has 0 unspecified atom stereocenters. The summed E-state index contributed by atoms with van der Waals surface area (Å²) in [5.74, 6) is -0.914. The van der Waals surface area contributed by atoms with Crippen molar-refractivity contribution in [3.8, 4) is 16.9 Å². The van der Waals surface area contributed by atoms with E-state index >= 15 is 0 Å². The summed E-state index contributed by atoms with van der Waals surface area (Å²) in [4.78, 5) is 12.5. The molecule has 3 aromatic rings. The lowest BCUT2D eigenvalue weighted by atomic mass is 10.0. The van der Waals surface area contributed by atoms with E-state index in [4.69, 9.17) is 21.1 Å². The molecule has 8 heteroatoms. The molecule has 0 amide bonds. The fraction of sp³-hybridized carbons (Fsp3) is 0.240. The molecule has 0 saturated heterocycles. The lowest BCUT2D eigenvalue weighted by Crippen LogP contribution is -2.33. The Labute approximate surface area is 198 Å². The van der Waals surface area contributed by atoms with Gasteiger partial charge in [-0.1, -0.05) is 35.9 Å². The van der Waals surface area contributed by atoms with E-state index in [1.807, 2.05) is 0 Å². The first-order valence-electron chi connectivity index (χ1n) is 10.2. The lowest BCUT2D eigenvalue weighted by molar-refractivity contribution is -0.162. The molecule has 0 radical (unpaired) electrons. The first kappa shape index (κ1) is 24.7. The van der Waals surface area contributed by atoms with Gasteiger partial charge in [-0.2, -0.15) is 0 Å². The van der Waals surface area contributed by atoms with E-state index in [1.165, 1.54) is 55.5 Å². The first-order valence-corrected chi connectivity index (χ1v) is 12.0. The van der Waals surface area contributed by atoms with Crippen LogP contribution in [0, 0.1) is 5.82 Å². The van der Waals surface area contributed by atoms with Gasteiger partial charge < -0.3 is 9.47 Å². The maximum atomic E-state index is 14.1. The number of benzene rings is 3. The molecule has 0 saturated carbocycles. The molecule has 0 N–H and O–H groups in total. The van der Waals surface area contributed by atoms with Crippen LogP contribution in [0.3, 0.4) is 0 Å². The van der Waals surface area contributed by atoms with E-state index in [1.54, 1.807) is 39.0 Å². The van der Waals surface area contributed by atoms with Crippen LogP contribution in [0.2, 0.25) is 5.02 Å². The van der Waals surface area contributed by atoms with Crippen molar-refractivity contribution >= 4 is 27.4 Å². The van der Waals surface area contributed by atoms with Gasteiger partial charge in [0.1, 0.15) is 17.2 Å². The average Bonchev–Trinajstić information content (AvgIpc) is 2.74. The van der Waals surface area contributed by atoms with Crippen LogP contribution in [0.1, 0.15) is 27.7 Å². The Bertz CT molecular complexity index is 1270. The molecule has 174 valence electrons. The molecule has 0 heterocycles. The second-order valence-corrected chi connectivity index (χ2v) is 10.7. The summed E-state index contributed by atoms with van der Waals surface area (Å²) >= 11 is 6.43. The third kappa shape index (κ3) is 5.92. The minimum Gasteiger partial charge on any atom is -0.478 e. The number of esters is 1. The number of halogens is 2. The molecule has 0 aromatic heterocycles. The normalized spacial score (nSPS) is 12.8. The van der Waals surface area contributed by atoms with Crippen LogP contribution in [0.15, 0.2) is 76.5 Å². The molecule has 0 bridgehead atoms. The Kier molecular flexibility index (Phi) is 7.14. The predicted molar refractivity (Wildman–Crippen MR) is 125 cm³/mol. The van der Waals surface area contributed by atoms with Crippen LogP contribution in [0.4, 0.5) is 4.39 Å². The minimum atomic E-state index is -3.78. The van der Waals surface area contributed by atoms with Gasteiger partial charge in [-0.05, 0) is 70.2 Å². The van der Waals surface area contributed by atoms with E-state index < -0.39 is 33.3 Å². The Morgan fingerprint density at radius 3 is 2.21 bits per heavy atom. The highest BCUT2D eigenvalue weighted by molar-refractivity contribution is 7.91. The van der Waals surface area contributed by atoms with E-state index in [9.17, 15) is 17.6 Å². The molecule has 0 spiro atoms. The van der Waals surface area contributed by atoms with Gasteiger partial charge in [0.25, 0.3) is 0 Å². The average molecular weight is 491 g/mol. The summed E-state index contributed by atoms with van der Waals surface area (Å²) in [6.07, 6.45) is -0.968. The third-order valence-corrected chi connectivity index (χ3v) is 6.66. The maximum Gasteiger partial charge on any atom is 0.347 e. The number of hydrogen-bond acceptors (Lipinski definition) is 5. The topological polar surface area (TPSA) is 69.7 Å². The standard InChI is InChI=1S/C25H24ClFO5S/c1-16(24(28)32-25(2,3)4)31-23-13-10-17(27)14-21(23)20-12-11-19(15-22(20)26)33(29,30)18-8-6-5-7-9-18/h5-16H,1-4H3/t16-/m0/s1. The molecule has 3 rings (SSSR count). The number of hydrogen-bond donors (Lipinski definition) is 0. The van der Waals surface area contributed by atoms with E-state index in [0.29, 0.717) is 5.56 Å². The van der Waals surface area contributed by atoms with Gasteiger partial charge in [0, 0.05) is 16.1 Å². The van der Waals surface area contributed by atoms with Gasteiger partial charge in [-0.25, -0.2) is 17.6 Å². The molecule has 0 aliphatic rings. The Hall–Kier alpha value is -2.90. The number of sulfone groups is 1. The zero-order chi connectivity index (χ0) is 24.4. The van der Waals surface area contributed by atoms with Crippen LogP contribution < -0.4 is 4.74 Å². The van der Waals surface area contributed by atoms with Gasteiger partial charge in [0.2, 0.25) is 9.84 Å². The molecule has 0 fully saturated rings. The maximum absolute atomic E-state index is 14.1. The van der Waals surface area contributed by atoms with Crippen molar-refractivity contribution in [2.45, 2.75) is 49.2 Å². The third-order valence-electron chi connectivity index (χ3n) is 4.58. The monoisotopic (exact) mass is 490 g/mol. The number of carbonyl (C=O) groups excluding carboxylic acids is 1.